The summed E-state index contributed by atoms with van der Waals surface area (Å²) >= 11 is 6.19. The van der Waals surface area contributed by atoms with E-state index in [1.165, 1.54) is 4.52 Å². The molecule has 162 valence electrons. The molecule has 8 nitrogen and oxygen atoms in total. The molecule has 2 heterocycles. The number of benzene rings is 2. The second kappa shape index (κ2) is 8.41. The van der Waals surface area contributed by atoms with Crippen molar-refractivity contribution in [1.82, 2.24) is 19.8 Å². The van der Waals surface area contributed by atoms with Crippen LogP contribution in [0.4, 0.5) is 5.82 Å². The average molecular weight is 460 g/mol. The molecule has 0 unspecified atom stereocenters. The van der Waals surface area contributed by atoms with Crippen LogP contribution in [0.1, 0.15) is 17.5 Å². The minimum atomic E-state index is -3.91. The van der Waals surface area contributed by atoms with Gasteiger partial charge in [-0.2, -0.15) is 4.52 Å². The molecular weight excluding hydrogens is 438 g/mol. The predicted molar refractivity (Wildman–Crippen MR) is 120 cm³/mol. The number of nitrogens with one attached hydrogen (secondary N) is 1. The first-order valence-corrected chi connectivity index (χ1v) is 11.6. The van der Waals surface area contributed by atoms with Crippen molar-refractivity contribution < 1.29 is 13.2 Å². The van der Waals surface area contributed by atoms with Gasteiger partial charge in [-0.25, -0.2) is 13.4 Å². The third kappa shape index (κ3) is 3.96. The molecule has 2 aromatic heterocycles. The van der Waals surface area contributed by atoms with Crippen molar-refractivity contribution in [3.05, 3.63) is 52.5 Å². The summed E-state index contributed by atoms with van der Waals surface area (Å²) in [5, 5.41) is 12.4. The number of ether oxygens (including phenoxy) is 1. The highest BCUT2D eigenvalue weighted by Crippen LogP contribution is 2.30. The molecule has 0 aliphatic carbocycles. The Kier molecular flexibility index (Phi) is 5.83. The summed E-state index contributed by atoms with van der Waals surface area (Å²) < 4.78 is 33.2. The Labute approximate surface area is 185 Å². The van der Waals surface area contributed by atoms with Gasteiger partial charge in [-0.05, 0) is 61.7 Å². The predicted octanol–water partition coefficient (Wildman–Crippen LogP) is 3.83. The average Bonchev–Trinajstić information content (AvgIpc) is 3.17. The molecule has 4 rings (SSSR count). The molecule has 31 heavy (non-hydrogen) atoms. The topological polar surface area (TPSA) is 98.5 Å². The molecule has 0 radical (unpaired) electrons. The monoisotopic (exact) mass is 459 g/mol. The highest BCUT2D eigenvalue weighted by Gasteiger charge is 2.27. The van der Waals surface area contributed by atoms with E-state index >= 15 is 0 Å². The van der Waals surface area contributed by atoms with E-state index in [4.69, 9.17) is 16.3 Å². The Morgan fingerprint density at radius 1 is 1.13 bits per heavy atom. The van der Waals surface area contributed by atoms with Gasteiger partial charge in [0.25, 0.3) is 0 Å². The molecule has 0 aliphatic rings. The van der Waals surface area contributed by atoms with Crippen LogP contribution in [0.25, 0.3) is 16.6 Å². The van der Waals surface area contributed by atoms with Gasteiger partial charge in [0, 0.05) is 30.7 Å². The van der Waals surface area contributed by atoms with Crippen LogP contribution in [-0.2, 0) is 14.6 Å². The van der Waals surface area contributed by atoms with Crippen molar-refractivity contribution in [2.75, 3.05) is 25.6 Å². The molecule has 0 aliphatic heterocycles. The molecule has 0 saturated heterocycles. The Morgan fingerprint density at radius 2 is 1.94 bits per heavy atom. The highest BCUT2D eigenvalue weighted by molar-refractivity contribution is 7.91. The van der Waals surface area contributed by atoms with Crippen molar-refractivity contribution >= 4 is 43.8 Å². The maximum atomic E-state index is 13.4. The fourth-order valence-corrected chi connectivity index (χ4v) is 4.78. The van der Waals surface area contributed by atoms with Gasteiger partial charge in [0.05, 0.1) is 10.4 Å². The number of fused-ring (bicyclic) bond motifs is 3. The second-order valence-electron chi connectivity index (χ2n) is 7.27. The van der Waals surface area contributed by atoms with Crippen molar-refractivity contribution in [3.63, 3.8) is 0 Å². The van der Waals surface area contributed by atoms with Crippen molar-refractivity contribution in [3.8, 4) is 0 Å². The smallest absolute Gasteiger partial charge is 0.229 e. The molecule has 0 amide bonds. The van der Waals surface area contributed by atoms with E-state index in [-0.39, 0.29) is 15.6 Å². The first-order valence-electron chi connectivity index (χ1n) is 9.73. The van der Waals surface area contributed by atoms with E-state index in [0.29, 0.717) is 29.5 Å². The van der Waals surface area contributed by atoms with Gasteiger partial charge in [-0.1, -0.05) is 22.9 Å². The summed E-state index contributed by atoms with van der Waals surface area (Å²) in [6.45, 7) is 4.99. The maximum absolute atomic E-state index is 13.4. The van der Waals surface area contributed by atoms with E-state index in [0.717, 1.165) is 22.9 Å². The third-order valence-corrected chi connectivity index (χ3v) is 7.02. The molecular formula is C21H22ClN5O3S. The van der Waals surface area contributed by atoms with Gasteiger partial charge in [0.2, 0.25) is 14.9 Å². The van der Waals surface area contributed by atoms with Gasteiger partial charge >= 0.3 is 0 Å². The number of methoxy groups -OCH3 is 1. The van der Waals surface area contributed by atoms with Crippen LogP contribution in [0, 0.1) is 13.8 Å². The Morgan fingerprint density at radius 3 is 2.68 bits per heavy atom. The molecule has 2 aromatic carbocycles. The Balaban J connectivity index is 1.90. The summed E-state index contributed by atoms with van der Waals surface area (Å²) in [5.41, 5.74) is 2.70. The largest absolute Gasteiger partial charge is 0.385 e. The lowest BCUT2D eigenvalue weighted by atomic mass is 10.1. The van der Waals surface area contributed by atoms with Crippen LogP contribution in [-0.4, -0.2) is 48.5 Å². The van der Waals surface area contributed by atoms with Crippen LogP contribution in [0.5, 0.6) is 0 Å². The number of anilines is 1. The summed E-state index contributed by atoms with van der Waals surface area (Å²) in [6, 6.07) is 10.3. The van der Waals surface area contributed by atoms with E-state index < -0.39 is 9.84 Å². The van der Waals surface area contributed by atoms with E-state index in [1.54, 1.807) is 43.5 Å². The number of sulfone groups is 1. The first kappa shape index (κ1) is 21.5. The van der Waals surface area contributed by atoms with Gasteiger partial charge in [0.1, 0.15) is 5.82 Å². The van der Waals surface area contributed by atoms with E-state index in [1.807, 2.05) is 13.8 Å². The number of aryl methyl sites for hydroxylation is 2. The quantitative estimate of drug-likeness (QED) is 0.419. The van der Waals surface area contributed by atoms with Crippen LogP contribution in [0.3, 0.4) is 0 Å². The highest BCUT2D eigenvalue weighted by atomic mass is 35.5. The van der Waals surface area contributed by atoms with Gasteiger partial charge < -0.3 is 10.1 Å². The molecule has 4 aromatic rings. The fraction of sp³-hybridized carbons (Fsp3) is 0.286. The Hall–Kier alpha value is -2.75. The lowest BCUT2D eigenvalue weighted by Gasteiger charge is -2.11. The van der Waals surface area contributed by atoms with Crippen molar-refractivity contribution in [2.24, 2.45) is 0 Å². The molecule has 0 atom stereocenters. The lowest BCUT2D eigenvalue weighted by molar-refractivity contribution is 0.198. The van der Waals surface area contributed by atoms with Crippen LogP contribution in [0.2, 0.25) is 5.02 Å². The molecule has 0 spiro atoms. The molecule has 1 N–H and O–H groups in total. The first-order chi connectivity index (χ1) is 14.8. The SMILES string of the molecule is COCCCNc1nc2c(S(=O)(=O)c3ccc(C)c(C)c3)nnn2c2ccc(Cl)cc12. The summed E-state index contributed by atoms with van der Waals surface area (Å²) in [5.74, 6) is 0.514. The van der Waals surface area contributed by atoms with Gasteiger partial charge in [-0.15, -0.1) is 5.10 Å². The normalized spacial score (nSPS) is 12.0. The molecule has 0 bridgehead atoms. The molecule has 0 saturated carbocycles. The minimum absolute atomic E-state index is 0.155. The zero-order valence-electron chi connectivity index (χ0n) is 17.4. The summed E-state index contributed by atoms with van der Waals surface area (Å²) in [4.78, 5) is 4.74. The summed E-state index contributed by atoms with van der Waals surface area (Å²) in [6.07, 6.45) is 0.761. The van der Waals surface area contributed by atoms with E-state index in [2.05, 4.69) is 20.6 Å². The fourth-order valence-electron chi connectivity index (χ4n) is 3.29. The number of aromatic nitrogens is 4. The zero-order chi connectivity index (χ0) is 22.2. The molecule has 0 fully saturated rings. The second-order valence-corrected chi connectivity index (χ2v) is 9.58. The van der Waals surface area contributed by atoms with Gasteiger partial charge in [0.15, 0.2) is 5.65 Å². The van der Waals surface area contributed by atoms with E-state index in [9.17, 15) is 8.42 Å². The molecule has 10 heteroatoms. The van der Waals surface area contributed by atoms with Crippen LogP contribution >= 0.6 is 11.6 Å². The number of nitrogens with zero attached hydrogens (tertiary/aromatic N) is 4. The summed E-state index contributed by atoms with van der Waals surface area (Å²) in [7, 11) is -2.27. The van der Waals surface area contributed by atoms with Crippen LogP contribution < -0.4 is 5.32 Å². The van der Waals surface area contributed by atoms with Crippen molar-refractivity contribution in [2.45, 2.75) is 30.2 Å². The number of hydrogen-bond donors (Lipinski definition) is 1. The maximum Gasteiger partial charge on any atom is 0.229 e. The Bertz CT molecular complexity index is 1390. The van der Waals surface area contributed by atoms with Crippen molar-refractivity contribution in [1.29, 1.82) is 0 Å². The third-order valence-electron chi connectivity index (χ3n) is 5.14. The van der Waals surface area contributed by atoms with Gasteiger partial charge in [-0.3, -0.25) is 0 Å². The lowest BCUT2D eigenvalue weighted by Crippen LogP contribution is -2.09. The standard InChI is InChI=1S/C21H22ClN5O3S/c1-13-5-7-16(11-14(13)2)31(28,29)21-20-24-19(23-9-4-10-30-3)17-12-15(22)6-8-18(17)27(20)26-25-21/h5-8,11-12H,4,9-10H2,1-3H3,(H,23,24). The number of halogens is 1. The van der Waals surface area contributed by atoms with Crippen LogP contribution in [0.15, 0.2) is 46.3 Å². The minimum Gasteiger partial charge on any atom is -0.385 e. The number of hydrogen-bond acceptors (Lipinski definition) is 7. The number of rotatable bonds is 7. The zero-order valence-corrected chi connectivity index (χ0v) is 19.0.